The maximum atomic E-state index is 12.9. The van der Waals surface area contributed by atoms with E-state index < -0.39 is 23.6 Å². The Morgan fingerprint density at radius 1 is 1.21 bits per heavy atom. The first-order chi connectivity index (χ1) is 13.2. The number of likely N-dealkylation sites (tertiary alicyclic amines) is 1. The third-order valence-corrected chi connectivity index (χ3v) is 5.16. The molecule has 0 aromatic heterocycles. The Bertz CT molecular complexity index is 887. The van der Waals surface area contributed by atoms with Gasteiger partial charge < -0.3 is 10.2 Å². The molecule has 2 aromatic rings. The summed E-state index contributed by atoms with van der Waals surface area (Å²) in [6.07, 6.45) is -4.55. The summed E-state index contributed by atoms with van der Waals surface area (Å²) in [5.74, 6) is -1.37. The van der Waals surface area contributed by atoms with Gasteiger partial charge in [0.2, 0.25) is 11.8 Å². The Hall–Kier alpha value is -2.54. The predicted molar refractivity (Wildman–Crippen MR) is 99.8 cm³/mol. The van der Waals surface area contributed by atoms with E-state index in [1.54, 1.807) is 4.90 Å². The largest absolute Gasteiger partial charge is 0.416 e. The van der Waals surface area contributed by atoms with Crippen molar-refractivity contribution in [2.24, 2.45) is 5.92 Å². The monoisotopic (exact) mass is 410 g/mol. The SMILES string of the molecule is C[C@H](c1ccccc1)N1C[C@H](C(=O)Nc2cc(C(F)(F)F)ccc2Cl)CC1=O. The Morgan fingerprint density at radius 2 is 1.89 bits per heavy atom. The van der Waals surface area contributed by atoms with Crippen molar-refractivity contribution in [3.8, 4) is 0 Å². The smallest absolute Gasteiger partial charge is 0.335 e. The van der Waals surface area contributed by atoms with Gasteiger partial charge in [-0.05, 0) is 30.7 Å². The van der Waals surface area contributed by atoms with Crippen LogP contribution in [0.15, 0.2) is 48.5 Å². The van der Waals surface area contributed by atoms with Gasteiger partial charge >= 0.3 is 6.18 Å². The zero-order valence-electron chi connectivity index (χ0n) is 15.0. The summed E-state index contributed by atoms with van der Waals surface area (Å²) in [6, 6.07) is 11.9. The van der Waals surface area contributed by atoms with Gasteiger partial charge in [0.1, 0.15) is 0 Å². The number of amides is 2. The molecule has 0 radical (unpaired) electrons. The molecule has 2 amide bonds. The second-order valence-electron chi connectivity index (χ2n) is 6.72. The van der Waals surface area contributed by atoms with Gasteiger partial charge in [0.25, 0.3) is 0 Å². The number of anilines is 1. The number of halogens is 4. The van der Waals surface area contributed by atoms with Crippen LogP contribution in [-0.4, -0.2) is 23.3 Å². The third kappa shape index (κ3) is 4.30. The molecule has 1 aliphatic rings. The predicted octanol–water partition coefficient (Wildman–Crippen LogP) is 4.91. The first-order valence-electron chi connectivity index (χ1n) is 8.69. The molecule has 2 atom stereocenters. The van der Waals surface area contributed by atoms with Crippen molar-refractivity contribution in [1.82, 2.24) is 4.90 Å². The van der Waals surface area contributed by atoms with Crippen LogP contribution in [0.5, 0.6) is 0 Å². The Balaban J connectivity index is 1.72. The summed E-state index contributed by atoms with van der Waals surface area (Å²) in [4.78, 5) is 26.5. The first-order valence-corrected chi connectivity index (χ1v) is 9.06. The van der Waals surface area contributed by atoms with Gasteiger partial charge in [-0.25, -0.2) is 0 Å². The number of hydrogen-bond acceptors (Lipinski definition) is 2. The molecule has 1 aliphatic heterocycles. The molecule has 1 heterocycles. The van der Waals surface area contributed by atoms with E-state index in [-0.39, 0.29) is 35.6 Å². The van der Waals surface area contributed by atoms with Gasteiger partial charge in [0, 0.05) is 13.0 Å². The van der Waals surface area contributed by atoms with Crippen LogP contribution in [0.3, 0.4) is 0 Å². The molecule has 28 heavy (non-hydrogen) atoms. The van der Waals surface area contributed by atoms with Crippen LogP contribution in [0.1, 0.15) is 30.5 Å². The van der Waals surface area contributed by atoms with E-state index in [4.69, 9.17) is 11.6 Å². The summed E-state index contributed by atoms with van der Waals surface area (Å²) in [7, 11) is 0. The maximum Gasteiger partial charge on any atom is 0.416 e. The number of carbonyl (C=O) groups is 2. The molecule has 0 saturated carbocycles. The molecule has 1 N–H and O–H groups in total. The lowest BCUT2D eigenvalue weighted by Crippen LogP contribution is -2.30. The van der Waals surface area contributed by atoms with Gasteiger partial charge in [-0.1, -0.05) is 41.9 Å². The van der Waals surface area contributed by atoms with E-state index in [9.17, 15) is 22.8 Å². The lowest BCUT2D eigenvalue weighted by Gasteiger charge is -2.25. The van der Waals surface area contributed by atoms with Gasteiger partial charge in [0.05, 0.1) is 28.2 Å². The van der Waals surface area contributed by atoms with Crippen LogP contribution < -0.4 is 5.32 Å². The minimum Gasteiger partial charge on any atom is -0.335 e. The molecular weight excluding hydrogens is 393 g/mol. The average Bonchev–Trinajstić information content (AvgIpc) is 3.04. The fourth-order valence-corrected chi connectivity index (χ4v) is 3.39. The molecule has 148 valence electrons. The van der Waals surface area contributed by atoms with Crippen LogP contribution >= 0.6 is 11.6 Å². The molecule has 0 bridgehead atoms. The van der Waals surface area contributed by atoms with E-state index in [0.717, 1.165) is 23.8 Å². The highest BCUT2D eigenvalue weighted by Gasteiger charge is 2.37. The van der Waals surface area contributed by atoms with Crippen LogP contribution in [0, 0.1) is 5.92 Å². The Morgan fingerprint density at radius 3 is 2.54 bits per heavy atom. The van der Waals surface area contributed by atoms with E-state index in [1.807, 2.05) is 37.3 Å². The van der Waals surface area contributed by atoms with Crippen LogP contribution in [-0.2, 0) is 15.8 Å². The topological polar surface area (TPSA) is 49.4 Å². The number of nitrogens with zero attached hydrogens (tertiary/aromatic N) is 1. The number of benzene rings is 2. The van der Waals surface area contributed by atoms with Crippen molar-refractivity contribution >= 4 is 29.1 Å². The van der Waals surface area contributed by atoms with Crippen molar-refractivity contribution in [2.75, 3.05) is 11.9 Å². The van der Waals surface area contributed by atoms with Gasteiger partial charge in [-0.2, -0.15) is 13.2 Å². The summed E-state index contributed by atoms with van der Waals surface area (Å²) >= 11 is 5.93. The highest BCUT2D eigenvalue weighted by Crippen LogP contribution is 2.35. The van der Waals surface area contributed by atoms with Gasteiger partial charge in [-0.3, -0.25) is 9.59 Å². The quantitative estimate of drug-likeness (QED) is 0.778. The second-order valence-corrected chi connectivity index (χ2v) is 7.12. The zero-order chi connectivity index (χ0) is 20.5. The molecule has 8 heteroatoms. The summed E-state index contributed by atoms with van der Waals surface area (Å²) < 4.78 is 38.7. The van der Waals surface area contributed by atoms with E-state index >= 15 is 0 Å². The molecule has 1 saturated heterocycles. The lowest BCUT2D eigenvalue weighted by atomic mass is 10.1. The van der Waals surface area contributed by atoms with Crippen molar-refractivity contribution in [2.45, 2.75) is 25.6 Å². The van der Waals surface area contributed by atoms with Crippen molar-refractivity contribution in [3.63, 3.8) is 0 Å². The number of carbonyl (C=O) groups excluding carboxylic acids is 2. The molecule has 0 unspecified atom stereocenters. The highest BCUT2D eigenvalue weighted by molar-refractivity contribution is 6.33. The third-order valence-electron chi connectivity index (χ3n) is 4.83. The van der Waals surface area contributed by atoms with Crippen molar-refractivity contribution in [3.05, 3.63) is 64.7 Å². The summed E-state index contributed by atoms with van der Waals surface area (Å²) in [5.41, 5.74) is -0.0876. The average molecular weight is 411 g/mol. The van der Waals surface area contributed by atoms with Crippen molar-refractivity contribution in [1.29, 1.82) is 0 Å². The molecule has 4 nitrogen and oxygen atoms in total. The number of rotatable bonds is 4. The van der Waals surface area contributed by atoms with Gasteiger partial charge in [-0.15, -0.1) is 0 Å². The standard InChI is InChI=1S/C20H18ClF3N2O2/c1-12(13-5-3-2-4-6-13)26-11-14(9-18(26)27)19(28)25-17-10-15(20(22,23)24)7-8-16(17)21/h2-8,10,12,14H,9,11H2,1H3,(H,25,28)/t12-,14-/m1/s1. The minimum atomic E-state index is -4.55. The number of hydrogen-bond donors (Lipinski definition) is 1. The van der Waals surface area contributed by atoms with E-state index in [2.05, 4.69) is 5.32 Å². The molecule has 0 aliphatic carbocycles. The lowest BCUT2D eigenvalue weighted by molar-refractivity contribution is -0.137. The normalized spacial score (nSPS) is 18.2. The first kappa shape index (κ1) is 20.2. The van der Waals surface area contributed by atoms with E-state index in [0.29, 0.717) is 0 Å². The Labute approximate surface area is 165 Å². The van der Waals surface area contributed by atoms with Crippen molar-refractivity contribution < 1.29 is 22.8 Å². The highest BCUT2D eigenvalue weighted by atomic mass is 35.5. The zero-order valence-corrected chi connectivity index (χ0v) is 15.7. The fraction of sp³-hybridized carbons (Fsp3) is 0.300. The molecule has 2 aromatic carbocycles. The van der Waals surface area contributed by atoms with Crippen LogP contribution in [0.25, 0.3) is 0 Å². The summed E-state index contributed by atoms with van der Waals surface area (Å²) in [5, 5.41) is 2.43. The second kappa shape index (κ2) is 7.83. The van der Waals surface area contributed by atoms with Crippen LogP contribution in [0.4, 0.5) is 18.9 Å². The number of alkyl halides is 3. The summed E-state index contributed by atoms with van der Waals surface area (Å²) in [6.45, 7) is 2.06. The minimum absolute atomic E-state index is 0.000170. The van der Waals surface area contributed by atoms with Crippen LogP contribution in [0.2, 0.25) is 5.02 Å². The Kier molecular flexibility index (Phi) is 5.65. The maximum absolute atomic E-state index is 12.9. The van der Waals surface area contributed by atoms with Gasteiger partial charge in [0.15, 0.2) is 0 Å². The fourth-order valence-electron chi connectivity index (χ4n) is 3.23. The molecule has 1 fully saturated rings. The molecule has 3 rings (SSSR count). The van der Waals surface area contributed by atoms with E-state index in [1.165, 1.54) is 0 Å². The number of nitrogens with one attached hydrogen (secondary N) is 1. The molecule has 0 spiro atoms. The molecular formula is C20H18ClF3N2O2.